The Morgan fingerprint density at radius 2 is 2.18 bits per heavy atom. The zero-order valence-corrected chi connectivity index (χ0v) is 11.1. The third-order valence-electron chi connectivity index (χ3n) is 2.15. The standard InChI is InChI=1S/C11H14BrNO4/c1-16-9-4-5-11(10(8-9)13(14)15)17-7-3-2-6-12/h4-5,8H,2-3,6-7H2,1H3. The molecule has 0 atom stereocenters. The van der Waals surface area contributed by atoms with Gasteiger partial charge < -0.3 is 9.47 Å². The summed E-state index contributed by atoms with van der Waals surface area (Å²) in [4.78, 5) is 10.4. The number of hydrogen-bond acceptors (Lipinski definition) is 4. The zero-order chi connectivity index (χ0) is 12.7. The van der Waals surface area contributed by atoms with Crippen LogP contribution in [0.3, 0.4) is 0 Å². The molecule has 0 aliphatic heterocycles. The van der Waals surface area contributed by atoms with Gasteiger partial charge in [0.05, 0.1) is 24.7 Å². The molecular weight excluding hydrogens is 290 g/mol. The normalized spacial score (nSPS) is 10.0. The Kier molecular flexibility index (Phi) is 5.76. The van der Waals surface area contributed by atoms with Gasteiger partial charge in [-0.3, -0.25) is 10.1 Å². The number of hydrogen-bond donors (Lipinski definition) is 0. The van der Waals surface area contributed by atoms with E-state index in [1.165, 1.54) is 13.2 Å². The molecule has 1 rings (SSSR count). The minimum atomic E-state index is -0.470. The van der Waals surface area contributed by atoms with Gasteiger partial charge in [-0.2, -0.15) is 0 Å². The second-order valence-corrected chi connectivity index (χ2v) is 4.13. The molecule has 0 aliphatic carbocycles. The Bertz CT molecular complexity index is 384. The van der Waals surface area contributed by atoms with Crippen molar-refractivity contribution in [1.29, 1.82) is 0 Å². The van der Waals surface area contributed by atoms with E-state index < -0.39 is 4.92 Å². The van der Waals surface area contributed by atoms with Crippen LogP contribution >= 0.6 is 15.9 Å². The van der Waals surface area contributed by atoms with Crippen molar-refractivity contribution in [2.24, 2.45) is 0 Å². The van der Waals surface area contributed by atoms with Gasteiger partial charge in [-0.1, -0.05) is 15.9 Å². The highest BCUT2D eigenvalue weighted by molar-refractivity contribution is 9.09. The average Bonchev–Trinajstić information content (AvgIpc) is 2.34. The van der Waals surface area contributed by atoms with Gasteiger partial charge in [0.25, 0.3) is 0 Å². The number of ether oxygens (including phenoxy) is 2. The highest BCUT2D eigenvalue weighted by Gasteiger charge is 2.16. The molecule has 0 unspecified atom stereocenters. The van der Waals surface area contributed by atoms with E-state index in [2.05, 4.69) is 15.9 Å². The van der Waals surface area contributed by atoms with Crippen LogP contribution in [0.4, 0.5) is 5.69 Å². The summed E-state index contributed by atoms with van der Waals surface area (Å²) in [5, 5.41) is 11.7. The van der Waals surface area contributed by atoms with Gasteiger partial charge in [0, 0.05) is 5.33 Å². The first-order valence-electron chi connectivity index (χ1n) is 5.20. The zero-order valence-electron chi connectivity index (χ0n) is 9.52. The van der Waals surface area contributed by atoms with Crippen LogP contribution in [0.1, 0.15) is 12.8 Å². The summed E-state index contributed by atoms with van der Waals surface area (Å²) in [6.45, 7) is 0.471. The fraction of sp³-hybridized carbons (Fsp3) is 0.455. The molecule has 0 fully saturated rings. The summed E-state index contributed by atoms with van der Waals surface area (Å²) in [7, 11) is 1.47. The first kappa shape index (κ1) is 13.8. The van der Waals surface area contributed by atoms with E-state index in [-0.39, 0.29) is 11.4 Å². The Balaban J connectivity index is 2.73. The van der Waals surface area contributed by atoms with E-state index in [1.54, 1.807) is 12.1 Å². The maximum Gasteiger partial charge on any atom is 0.314 e. The highest BCUT2D eigenvalue weighted by Crippen LogP contribution is 2.31. The first-order valence-corrected chi connectivity index (χ1v) is 6.32. The van der Waals surface area contributed by atoms with Crippen molar-refractivity contribution in [3.63, 3.8) is 0 Å². The molecule has 94 valence electrons. The van der Waals surface area contributed by atoms with Gasteiger partial charge in [-0.25, -0.2) is 0 Å². The van der Waals surface area contributed by atoms with Gasteiger partial charge in [-0.15, -0.1) is 0 Å². The van der Waals surface area contributed by atoms with Crippen molar-refractivity contribution in [1.82, 2.24) is 0 Å². The molecule has 1 aromatic rings. The molecule has 0 saturated carbocycles. The SMILES string of the molecule is COc1ccc(OCCCCBr)c([N+](=O)[O-])c1. The van der Waals surface area contributed by atoms with Crippen LogP contribution in [0.15, 0.2) is 18.2 Å². The number of unbranched alkanes of at least 4 members (excludes halogenated alkanes) is 1. The molecule has 6 heteroatoms. The second kappa shape index (κ2) is 7.11. The maximum atomic E-state index is 10.8. The van der Waals surface area contributed by atoms with Gasteiger partial charge in [0.1, 0.15) is 5.75 Å². The molecule has 0 amide bonds. The van der Waals surface area contributed by atoms with Crippen molar-refractivity contribution in [3.05, 3.63) is 28.3 Å². The van der Waals surface area contributed by atoms with Crippen molar-refractivity contribution in [3.8, 4) is 11.5 Å². The summed E-state index contributed by atoms with van der Waals surface area (Å²) >= 11 is 3.31. The highest BCUT2D eigenvalue weighted by atomic mass is 79.9. The quantitative estimate of drug-likeness (QED) is 0.336. The summed E-state index contributed by atoms with van der Waals surface area (Å²) in [5.74, 6) is 0.731. The lowest BCUT2D eigenvalue weighted by Gasteiger charge is -2.07. The number of rotatable bonds is 7. The second-order valence-electron chi connectivity index (χ2n) is 3.34. The lowest BCUT2D eigenvalue weighted by Crippen LogP contribution is -2.01. The molecular formula is C11H14BrNO4. The molecule has 0 spiro atoms. The van der Waals surface area contributed by atoms with E-state index >= 15 is 0 Å². The van der Waals surface area contributed by atoms with E-state index in [0.717, 1.165) is 18.2 Å². The third-order valence-corrected chi connectivity index (χ3v) is 2.71. The predicted octanol–water partition coefficient (Wildman–Crippen LogP) is 3.16. The molecule has 5 nitrogen and oxygen atoms in total. The Morgan fingerprint density at radius 1 is 1.41 bits per heavy atom. The molecule has 0 radical (unpaired) electrons. The van der Waals surface area contributed by atoms with Gasteiger partial charge in [-0.05, 0) is 25.0 Å². The maximum absolute atomic E-state index is 10.8. The first-order chi connectivity index (χ1) is 8.19. The van der Waals surface area contributed by atoms with Gasteiger partial charge in [0.2, 0.25) is 0 Å². The topological polar surface area (TPSA) is 61.6 Å². The van der Waals surface area contributed by atoms with E-state index in [4.69, 9.17) is 9.47 Å². The molecule has 17 heavy (non-hydrogen) atoms. The van der Waals surface area contributed by atoms with Gasteiger partial charge >= 0.3 is 5.69 Å². The molecule has 0 bridgehead atoms. The Labute approximate surface area is 108 Å². The summed E-state index contributed by atoms with van der Waals surface area (Å²) in [6, 6.07) is 4.57. The predicted molar refractivity (Wildman–Crippen MR) is 68.2 cm³/mol. The smallest absolute Gasteiger partial charge is 0.314 e. The molecule has 0 aromatic heterocycles. The largest absolute Gasteiger partial charge is 0.496 e. The number of nitro benzene ring substituents is 1. The number of alkyl halides is 1. The molecule has 0 aliphatic rings. The summed E-state index contributed by atoms with van der Waals surface area (Å²) < 4.78 is 10.3. The number of benzene rings is 1. The van der Waals surface area contributed by atoms with E-state index in [9.17, 15) is 10.1 Å². The van der Waals surface area contributed by atoms with Crippen molar-refractivity contribution in [2.75, 3.05) is 19.0 Å². The van der Waals surface area contributed by atoms with Crippen LogP contribution in [-0.2, 0) is 0 Å². The van der Waals surface area contributed by atoms with E-state index in [0.29, 0.717) is 12.4 Å². The van der Waals surface area contributed by atoms with E-state index in [1.807, 2.05) is 0 Å². The van der Waals surface area contributed by atoms with Crippen molar-refractivity contribution >= 4 is 21.6 Å². The lowest BCUT2D eigenvalue weighted by molar-refractivity contribution is -0.385. The molecule has 0 N–H and O–H groups in total. The molecule has 0 saturated heterocycles. The number of nitrogens with zero attached hydrogens (tertiary/aromatic N) is 1. The molecule has 0 heterocycles. The minimum absolute atomic E-state index is 0.0665. The fourth-order valence-electron chi connectivity index (χ4n) is 1.27. The van der Waals surface area contributed by atoms with Crippen LogP contribution in [-0.4, -0.2) is 24.0 Å². The average molecular weight is 304 g/mol. The van der Waals surface area contributed by atoms with Crippen molar-refractivity contribution < 1.29 is 14.4 Å². The lowest BCUT2D eigenvalue weighted by atomic mass is 10.2. The number of methoxy groups -OCH3 is 1. The number of halogens is 1. The fourth-order valence-corrected chi connectivity index (χ4v) is 1.66. The minimum Gasteiger partial charge on any atom is -0.496 e. The summed E-state index contributed by atoms with van der Waals surface area (Å²) in [5.41, 5.74) is -0.0665. The number of nitro groups is 1. The third kappa shape index (κ3) is 4.22. The monoisotopic (exact) mass is 303 g/mol. The van der Waals surface area contributed by atoms with Crippen LogP contribution < -0.4 is 9.47 Å². The van der Waals surface area contributed by atoms with Gasteiger partial charge in [0.15, 0.2) is 5.75 Å². The Hall–Kier alpha value is -1.30. The van der Waals surface area contributed by atoms with Crippen molar-refractivity contribution in [2.45, 2.75) is 12.8 Å². The summed E-state index contributed by atoms with van der Waals surface area (Å²) in [6.07, 6.45) is 1.83. The van der Waals surface area contributed by atoms with Crippen LogP contribution in [0, 0.1) is 10.1 Å². The Morgan fingerprint density at radius 3 is 2.76 bits per heavy atom. The van der Waals surface area contributed by atoms with Crippen LogP contribution in [0.5, 0.6) is 11.5 Å². The van der Waals surface area contributed by atoms with Crippen LogP contribution in [0.2, 0.25) is 0 Å². The molecule has 1 aromatic carbocycles. The van der Waals surface area contributed by atoms with Crippen LogP contribution in [0.25, 0.3) is 0 Å².